The first-order chi connectivity index (χ1) is 9.49. The topological polar surface area (TPSA) is 57.6 Å². The molecule has 0 heterocycles. The van der Waals surface area contributed by atoms with Crippen LogP contribution in [0.15, 0.2) is 24.3 Å². The van der Waals surface area contributed by atoms with Gasteiger partial charge in [-0.2, -0.15) is 0 Å². The number of aryl methyl sites for hydroxylation is 1. The highest BCUT2D eigenvalue weighted by atomic mass is 32.2. The molecule has 0 aromatic heterocycles. The molecule has 0 saturated heterocycles. The predicted octanol–water partition coefficient (Wildman–Crippen LogP) is 2.55. The van der Waals surface area contributed by atoms with Gasteiger partial charge < -0.3 is 10.0 Å². The van der Waals surface area contributed by atoms with E-state index in [2.05, 4.69) is 24.3 Å². The van der Waals surface area contributed by atoms with Crippen LogP contribution in [-0.2, 0) is 15.3 Å². The number of carboxylic acids is 1. The number of hydrogen-bond donors (Lipinski definition) is 1. The van der Waals surface area contributed by atoms with E-state index in [1.165, 1.54) is 11.1 Å². The lowest BCUT2D eigenvalue weighted by atomic mass is 10.2. The summed E-state index contributed by atoms with van der Waals surface area (Å²) >= 11 is 1.58. The van der Waals surface area contributed by atoms with Gasteiger partial charge in [-0.1, -0.05) is 29.8 Å². The lowest BCUT2D eigenvalue weighted by molar-refractivity contribution is -0.137. The van der Waals surface area contributed by atoms with E-state index in [1.54, 1.807) is 23.7 Å². The Hall–Kier alpha value is -1.49. The molecule has 1 N–H and O–H groups in total. The van der Waals surface area contributed by atoms with Gasteiger partial charge in [-0.25, -0.2) is 0 Å². The lowest BCUT2D eigenvalue weighted by Crippen LogP contribution is -2.29. The largest absolute Gasteiger partial charge is 0.481 e. The molecule has 0 unspecified atom stereocenters. The van der Waals surface area contributed by atoms with Crippen LogP contribution >= 0.6 is 11.8 Å². The average molecular weight is 295 g/mol. The molecule has 0 bridgehead atoms. The standard InChI is InChI=1S/C15H21NO3S/c1-12-5-7-13(8-6-12)10-20-11-14(17)16(2)9-3-4-15(18)19/h5-8H,3-4,9-11H2,1-2H3,(H,18,19). The third-order valence-electron chi connectivity index (χ3n) is 2.92. The second-order valence-corrected chi connectivity index (χ2v) is 5.78. The summed E-state index contributed by atoms with van der Waals surface area (Å²) in [5.74, 6) is 0.471. The smallest absolute Gasteiger partial charge is 0.303 e. The minimum Gasteiger partial charge on any atom is -0.481 e. The molecule has 1 rings (SSSR count). The zero-order valence-electron chi connectivity index (χ0n) is 12.0. The molecule has 0 radical (unpaired) electrons. The molecule has 0 spiro atoms. The molecule has 0 atom stereocenters. The third kappa shape index (κ3) is 6.61. The Labute approximate surface area is 124 Å². The van der Waals surface area contributed by atoms with Gasteiger partial charge in [0.15, 0.2) is 0 Å². The van der Waals surface area contributed by atoms with Crippen LogP contribution in [0.3, 0.4) is 0 Å². The highest BCUT2D eigenvalue weighted by molar-refractivity contribution is 7.99. The number of thioether (sulfide) groups is 1. The average Bonchev–Trinajstić information content (AvgIpc) is 2.40. The van der Waals surface area contributed by atoms with E-state index in [0.29, 0.717) is 18.7 Å². The van der Waals surface area contributed by atoms with Gasteiger partial charge in [-0.15, -0.1) is 11.8 Å². The summed E-state index contributed by atoms with van der Waals surface area (Å²) in [6.07, 6.45) is 0.605. The summed E-state index contributed by atoms with van der Waals surface area (Å²) in [6.45, 7) is 2.54. The SMILES string of the molecule is Cc1ccc(CSCC(=O)N(C)CCCC(=O)O)cc1. The minimum atomic E-state index is -0.820. The Balaban J connectivity index is 2.21. The summed E-state index contributed by atoms with van der Waals surface area (Å²) in [5, 5.41) is 8.54. The number of carboxylic acid groups (broad SMARTS) is 1. The van der Waals surface area contributed by atoms with Crippen molar-refractivity contribution in [2.24, 2.45) is 0 Å². The number of aliphatic carboxylic acids is 1. The van der Waals surface area contributed by atoms with Gasteiger partial charge in [0, 0.05) is 25.8 Å². The quantitative estimate of drug-likeness (QED) is 0.801. The molecular formula is C15H21NO3S. The molecule has 1 aromatic rings. The number of benzene rings is 1. The molecule has 0 saturated carbocycles. The molecule has 0 aliphatic heterocycles. The predicted molar refractivity (Wildman–Crippen MR) is 81.8 cm³/mol. The van der Waals surface area contributed by atoms with Gasteiger partial charge in [0.2, 0.25) is 5.91 Å². The summed E-state index contributed by atoms with van der Waals surface area (Å²) in [4.78, 5) is 23.8. The zero-order valence-corrected chi connectivity index (χ0v) is 12.8. The van der Waals surface area contributed by atoms with E-state index in [4.69, 9.17) is 5.11 Å². The van der Waals surface area contributed by atoms with Crippen LogP contribution in [0.1, 0.15) is 24.0 Å². The van der Waals surface area contributed by atoms with Gasteiger partial charge >= 0.3 is 5.97 Å². The van der Waals surface area contributed by atoms with Crippen molar-refractivity contribution >= 4 is 23.6 Å². The second kappa shape index (κ2) is 8.64. The number of rotatable bonds is 8. The Morgan fingerprint density at radius 2 is 1.90 bits per heavy atom. The Bertz CT molecular complexity index is 445. The van der Waals surface area contributed by atoms with E-state index in [0.717, 1.165) is 5.75 Å². The van der Waals surface area contributed by atoms with Crippen LogP contribution in [0.4, 0.5) is 0 Å². The van der Waals surface area contributed by atoms with Crippen molar-refractivity contribution in [2.75, 3.05) is 19.3 Å². The summed E-state index contributed by atoms with van der Waals surface area (Å²) < 4.78 is 0. The first-order valence-corrected chi connectivity index (χ1v) is 7.73. The number of carbonyl (C=O) groups is 2. The number of hydrogen-bond acceptors (Lipinski definition) is 3. The molecule has 5 heteroatoms. The number of nitrogens with zero attached hydrogens (tertiary/aromatic N) is 1. The number of carbonyl (C=O) groups excluding carboxylic acids is 1. The second-order valence-electron chi connectivity index (χ2n) is 4.79. The van der Waals surface area contributed by atoms with Gasteiger partial charge in [-0.3, -0.25) is 9.59 Å². The minimum absolute atomic E-state index is 0.0486. The highest BCUT2D eigenvalue weighted by Gasteiger charge is 2.09. The van der Waals surface area contributed by atoms with Crippen LogP contribution in [0.2, 0.25) is 0 Å². The first kappa shape index (κ1) is 16.6. The van der Waals surface area contributed by atoms with E-state index in [9.17, 15) is 9.59 Å². The maximum atomic E-state index is 11.8. The highest BCUT2D eigenvalue weighted by Crippen LogP contribution is 2.13. The maximum Gasteiger partial charge on any atom is 0.303 e. The Morgan fingerprint density at radius 1 is 1.25 bits per heavy atom. The Kier molecular flexibility index (Phi) is 7.15. The molecular weight excluding hydrogens is 274 g/mol. The fourth-order valence-electron chi connectivity index (χ4n) is 1.64. The lowest BCUT2D eigenvalue weighted by Gasteiger charge is -2.16. The third-order valence-corrected chi connectivity index (χ3v) is 3.91. The molecule has 4 nitrogen and oxygen atoms in total. The molecule has 0 fully saturated rings. The van der Waals surface area contributed by atoms with Crippen molar-refractivity contribution in [1.82, 2.24) is 4.90 Å². The molecule has 0 aliphatic rings. The van der Waals surface area contributed by atoms with E-state index >= 15 is 0 Å². The van der Waals surface area contributed by atoms with Crippen LogP contribution in [0.5, 0.6) is 0 Å². The molecule has 1 aromatic carbocycles. The first-order valence-electron chi connectivity index (χ1n) is 6.58. The fraction of sp³-hybridized carbons (Fsp3) is 0.467. The monoisotopic (exact) mass is 295 g/mol. The van der Waals surface area contributed by atoms with E-state index in [-0.39, 0.29) is 12.3 Å². The normalized spacial score (nSPS) is 10.3. The van der Waals surface area contributed by atoms with Crippen LogP contribution < -0.4 is 0 Å². The van der Waals surface area contributed by atoms with Crippen molar-refractivity contribution in [3.63, 3.8) is 0 Å². The zero-order chi connectivity index (χ0) is 15.0. The summed E-state index contributed by atoms with van der Waals surface area (Å²) in [5.41, 5.74) is 2.44. The molecule has 1 amide bonds. The van der Waals surface area contributed by atoms with Crippen molar-refractivity contribution < 1.29 is 14.7 Å². The summed E-state index contributed by atoms with van der Waals surface area (Å²) in [6, 6.07) is 8.28. The van der Waals surface area contributed by atoms with Crippen molar-refractivity contribution in [3.05, 3.63) is 35.4 Å². The van der Waals surface area contributed by atoms with Crippen molar-refractivity contribution in [2.45, 2.75) is 25.5 Å². The van der Waals surface area contributed by atoms with Gasteiger partial charge in [0.1, 0.15) is 0 Å². The van der Waals surface area contributed by atoms with Crippen molar-refractivity contribution in [1.29, 1.82) is 0 Å². The fourth-order valence-corrected chi connectivity index (χ4v) is 2.57. The van der Waals surface area contributed by atoms with Crippen LogP contribution in [-0.4, -0.2) is 41.2 Å². The van der Waals surface area contributed by atoms with Gasteiger partial charge in [0.25, 0.3) is 0 Å². The van der Waals surface area contributed by atoms with Crippen LogP contribution in [0.25, 0.3) is 0 Å². The Morgan fingerprint density at radius 3 is 2.50 bits per heavy atom. The molecule has 110 valence electrons. The van der Waals surface area contributed by atoms with Crippen LogP contribution in [0, 0.1) is 6.92 Å². The van der Waals surface area contributed by atoms with Gasteiger partial charge in [-0.05, 0) is 18.9 Å². The van der Waals surface area contributed by atoms with Crippen molar-refractivity contribution in [3.8, 4) is 0 Å². The van der Waals surface area contributed by atoms with Gasteiger partial charge in [0.05, 0.1) is 5.75 Å². The molecule has 20 heavy (non-hydrogen) atoms. The molecule has 0 aliphatic carbocycles. The maximum absolute atomic E-state index is 11.8. The van der Waals surface area contributed by atoms with E-state index in [1.807, 2.05) is 6.92 Å². The number of amides is 1. The summed E-state index contributed by atoms with van der Waals surface area (Å²) in [7, 11) is 1.72. The van der Waals surface area contributed by atoms with E-state index < -0.39 is 5.97 Å².